The average molecular weight is 226 g/mol. The monoisotopic (exact) mass is 226 g/mol. The zero-order valence-electron chi connectivity index (χ0n) is 10.7. The molecule has 1 fully saturated rings. The lowest BCUT2D eigenvalue weighted by Gasteiger charge is -2.30. The van der Waals surface area contributed by atoms with Gasteiger partial charge >= 0.3 is 5.97 Å². The van der Waals surface area contributed by atoms with Crippen molar-refractivity contribution in [1.82, 2.24) is 0 Å². The Morgan fingerprint density at radius 1 is 1.00 bits per heavy atom. The number of carbonyl (C=O) groups excluding carboxylic acids is 2. The third-order valence-corrected chi connectivity index (χ3v) is 3.37. The van der Waals surface area contributed by atoms with Crippen molar-refractivity contribution >= 4 is 11.8 Å². The van der Waals surface area contributed by atoms with Gasteiger partial charge in [-0.2, -0.15) is 0 Å². The van der Waals surface area contributed by atoms with Crippen LogP contribution in [0, 0.1) is 17.3 Å². The molecule has 0 radical (unpaired) electrons. The minimum Gasteiger partial charge on any atom is -0.469 e. The molecule has 16 heavy (non-hydrogen) atoms. The van der Waals surface area contributed by atoms with Gasteiger partial charge in [0.05, 0.1) is 13.0 Å². The van der Waals surface area contributed by atoms with Crippen molar-refractivity contribution in [3.63, 3.8) is 0 Å². The number of rotatable bonds is 2. The highest BCUT2D eigenvalue weighted by Gasteiger charge is 2.34. The van der Waals surface area contributed by atoms with E-state index in [0.29, 0.717) is 5.78 Å². The Labute approximate surface area is 97.5 Å². The van der Waals surface area contributed by atoms with E-state index >= 15 is 0 Å². The highest BCUT2D eigenvalue weighted by atomic mass is 16.5. The minimum atomic E-state index is -0.261. The molecule has 1 aliphatic rings. The lowest BCUT2D eigenvalue weighted by atomic mass is 9.73. The van der Waals surface area contributed by atoms with Gasteiger partial charge in [-0.1, -0.05) is 20.8 Å². The molecule has 1 aliphatic carbocycles. The first-order valence-electron chi connectivity index (χ1n) is 5.98. The van der Waals surface area contributed by atoms with Gasteiger partial charge in [0, 0.05) is 11.3 Å². The van der Waals surface area contributed by atoms with Gasteiger partial charge in [0.1, 0.15) is 5.78 Å². The Hall–Kier alpha value is -0.860. The van der Waals surface area contributed by atoms with Crippen LogP contribution in [0.15, 0.2) is 0 Å². The molecule has 1 saturated carbocycles. The van der Waals surface area contributed by atoms with Crippen molar-refractivity contribution in [2.45, 2.75) is 46.5 Å². The van der Waals surface area contributed by atoms with E-state index in [2.05, 4.69) is 0 Å². The number of hydrogen-bond donors (Lipinski definition) is 0. The van der Waals surface area contributed by atoms with Crippen LogP contribution in [0.1, 0.15) is 46.5 Å². The molecule has 0 heterocycles. The third kappa shape index (κ3) is 3.06. The predicted octanol–water partition coefficient (Wildman–Crippen LogP) is 2.58. The summed E-state index contributed by atoms with van der Waals surface area (Å²) in [7, 11) is 1.43. The zero-order chi connectivity index (χ0) is 12.3. The zero-order valence-corrected chi connectivity index (χ0v) is 10.7. The summed E-state index contributed by atoms with van der Waals surface area (Å²) >= 11 is 0. The number of carbonyl (C=O) groups is 2. The molecule has 0 saturated heterocycles. The third-order valence-electron chi connectivity index (χ3n) is 3.37. The fourth-order valence-electron chi connectivity index (χ4n) is 2.37. The van der Waals surface area contributed by atoms with Gasteiger partial charge in [-0.05, 0) is 25.7 Å². The Balaban J connectivity index is 2.49. The molecule has 3 heteroatoms. The van der Waals surface area contributed by atoms with Crippen LogP contribution < -0.4 is 0 Å². The van der Waals surface area contributed by atoms with Crippen molar-refractivity contribution in [3.05, 3.63) is 0 Å². The Kier molecular flexibility index (Phi) is 4.11. The van der Waals surface area contributed by atoms with Gasteiger partial charge in [-0.3, -0.25) is 9.59 Å². The lowest BCUT2D eigenvalue weighted by Crippen LogP contribution is -2.33. The number of ketones is 1. The standard InChI is InChI=1S/C13H22O3/c1-13(2,3)11(14)9-5-7-10(8-6-9)12(15)16-4/h9-10H,5-8H2,1-4H3/t9-,10-. The molecular weight excluding hydrogens is 204 g/mol. The predicted molar refractivity (Wildman–Crippen MR) is 61.9 cm³/mol. The van der Waals surface area contributed by atoms with E-state index in [-0.39, 0.29) is 23.2 Å². The van der Waals surface area contributed by atoms with Crippen LogP contribution in [-0.2, 0) is 14.3 Å². The van der Waals surface area contributed by atoms with Gasteiger partial charge in [-0.25, -0.2) is 0 Å². The molecule has 0 aliphatic heterocycles. The maximum absolute atomic E-state index is 12.0. The number of hydrogen-bond acceptors (Lipinski definition) is 3. The highest BCUT2D eigenvalue weighted by Crippen LogP contribution is 2.34. The molecule has 1 rings (SSSR count). The number of Topliss-reactive ketones (excluding diaryl/α,β-unsaturated/α-hetero) is 1. The van der Waals surface area contributed by atoms with Crippen molar-refractivity contribution in [2.24, 2.45) is 17.3 Å². The summed E-state index contributed by atoms with van der Waals surface area (Å²) in [4.78, 5) is 23.4. The van der Waals surface area contributed by atoms with E-state index in [1.807, 2.05) is 20.8 Å². The van der Waals surface area contributed by atoms with Crippen LogP contribution in [0.4, 0.5) is 0 Å². The summed E-state index contributed by atoms with van der Waals surface area (Å²) in [6.45, 7) is 5.88. The van der Waals surface area contributed by atoms with E-state index in [1.165, 1.54) is 7.11 Å². The molecule has 0 unspecified atom stereocenters. The highest BCUT2D eigenvalue weighted by molar-refractivity contribution is 5.86. The molecule has 0 N–H and O–H groups in total. The molecule has 3 nitrogen and oxygen atoms in total. The van der Waals surface area contributed by atoms with Crippen LogP contribution >= 0.6 is 0 Å². The summed E-state index contributed by atoms with van der Waals surface area (Å²) in [6.07, 6.45) is 3.24. The Bertz CT molecular complexity index is 267. The van der Waals surface area contributed by atoms with E-state index < -0.39 is 0 Å². The topological polar surface area (TPSA) is 43.4 Å². The quantitative estimate of drug-likeness (QED) is 0.680. The number of esters is 1. The number of methoxy groups -OCH3 is 1. The minimum absolute atomic E-state index is 0.00835. The maximum atomic E-state index is 12.0. The second kappa shape index (κ2) is 4.98. The first-order chi connectivity index (χ1) is 7.36. The van der Waals surface area contributed by atoms with Crippen LogP contribution in [-0.4, -0.2) is 18.9 Å². The normalized spacial score (nSPS) is 26.2. The van der Waals surface area contributed by atoms with E-state index in [1.54, 1.807) is 0 Å². The second-order valence-electron chi connectivity index (χ2n) is 5.69. The molecule has 0 spiro atoms. The van der Waals surface area contributed by atoms with Gasteiger partial charge in [0.2, 0.25) is 0 Å². The molecule has 92 valence electrons. The van der Waals surface area contributed by atoms with Crippen molar-refractivity contribution in [1.29, 1.82) is 0 Å². The first-order valence-corrected chi connectivity index (χ1v) is 5.98. The molecular formula is C13H22O3. The SMILES string of the molecule is COC(=O)[C@H]1CC[C@H](C(=O)C(C)(C)C)CC1. The Morgan fingerprint density at radius 2 is 1.44 bits per heavy atom. The summed E-state index contributed by atoms with van der Waals surface area (Å²) in [5.41, 5.74) is -0.261. The van der Waals surface area contributed by atoms with Gasteiger partial charge in [0.15, 0.2) is 0 Å². The molecule has 0 amide bonds. The van der Waals surface area contributed by atoms with Crippen molar-refractivity contribution in [2.75, 3.05) is 7.11 Å². The molecule has 0 aromatic rings. The molecule has 0 aromatic carbocycles. The fourth-order valence-corrected chi connectivity index (χ4v) is 2.37. The summed E-state index contributed by atoms with van der Waals surface area (Å²) in [6, 6.07) is 0. The summed E-state index contributed by atoms with van der Waals surface area (Å²) in [5.74, 6) is 0.354. The molecule has 0 bridgehead atoms. The summed E-state index contributed by atoms with van der Waals surface area (Å²) < 4.78 is 4.73. The maximum Gasteiger partial charge on any atom is 0.308 e. The average Bonchev–Trinajstić information content (AvgIpc) is 2.26. The molecule has 0 atom stereocenters. The largest absolute Gasteiger partial charge is 0.469 e. The van der Waals surface area contributed by atoms with Crippen LogP contribution in [0.2, 0.25) is 0 Å². The summed E-state index contributed by atoms with van der Waals surface area (Å²) in [5, 5.41) is 0. The van der Waals surface area contributed by atoms with Crippen molar-refractivity contribution < 1.29 is 14.3 Å². The fraction of sp³-hybridized carbons (Fsp3) is 0.846. The molecule has 0 aromatic heterocycles. The second-order valence-corrected chi connectivity index (χ2v) is 5.69. The van der Waals surface area contributed by atoms with Gasteiger partial charge < -0.3 is 4.74 Å². The Morgan fingerprint density at radius 3 is 1.81 bits per heavy atom. The number of ether oxygens (including phenoxy) is 1. The van der Waals surface area contributed by atoms with E-state index in [0.717, 1.165) is 25.7 Å². The van der Waals surface area contributed by atoms with Gasteiger partial charge in [-0.15, -0.1) is 0 Å². The lowest BCUT2D eigenvalue weighted by molar-refractivity contribution is -0.148. The first kappa shape index (κ1) is 13.2. The van der Waals surface area contributed by atoms with Crippen LogP contribution in [0.5, 0.6) is 0 Å². The van der Waals surface area contributed by atoms with Crippen LogP contribution in [0.25, 0.3) is 0 Å². The van der Waals surface area contributed by atoms with Crippen LogP contribution in [0.3, 0.4) is 0 Å². The van der Waals surface area contributed by atoms with E-state index in [4.69, 9.17) is 4.74 Å². The van der Waals surface area contributed by atoms with Crippen molar-refractivity contribution in [3.8, 4) is 0 Å². The van der Waals surface area contributed by atoms with E-state index in [9.17, 15) is 9.59 Å². The smallest absolute Gasteiger partial charge is 0.308 e. The van der Waals surface area contributed by atoms with Gasteiger partial charge in [0.25, 0.3) is 0 Å².